The quantitative estimate of drug-likeness (QED) is 0.727. The third kappa shape index (κ3) is 6.36. The number of ether oxygens (including phenoxy) is 1. The van der Waals surface area contributed by atoms with Gasteiger partial charge in [-0.25, -0.2) is 0 Å². The maximum Gasteiger partial charge on any atom is 0.233 e. The van der Waals surface area contributed by atoms with Crippen molar-refractivity contribution in [3.8, 4) is 0 Å². The normalized spacial score (nSPS) is 18.9. The van der Waals surface area contributed by atoms with Crippen LogP contribution in [0.15, 0.2) is 0 Å². The lowest BCUT2D eigenvalue weighted by Gasteiger charge is -2.33. The zero-order valence-electron chi connectivity index (χ0n) is 12.1. The zero-order valence-corrected chi connectivity index (χ0v) is 12.1. The molecule has 2 N–H and O–H groups in total. The molecular formula is C14H28N2O2. The zero-order chi connectivity index (χ0) is 13.4. The van der Waals surface area contributed by atoms with Crippen LogP contribution >= 0.6 is 0 Å². The second-order valence-corrected chi connectivity index (χ2v) is 6.06. The van der Waals surface area contributed by atoms with Crippen LogP contribution in [0.2, 0.25) is 0 Å². The highest BCUT2D eigenvalue weighted by Crippen LogP contribution is 2.28. The molecule has 0 aromatic carbocycles. The standard InChI is InChI=1S/C14H28N2O2/c1-12(2)4-7-16-13(17)10-15-11-14(3)5-8-18-9-6-14/h12,15H,4-11H2,1-3H3,(H,16,17). The Bertz CT molecular complexity index is 248. The van der Waals surface area contributed by atoms with E-state index in [1.807, 2.05) is 0 Å². The van der Waals surface area contributed by atoms with Gasteiger partial charge in [-0.2, -0.15) is 0 Å². The van der Waals surface area contributed by atoms with Gasteiger partial charge in [-0.05, 0) is 30.6 Å². The molecule has 0 spiro atoms. The summed E-state index contributed by atoms with van der Waals surface area (Å²) >= 11 is 0. The van der Waals surface area contributed by atoms with Gasteiger partial charge in [0.05, 0.1) is 6.54 Å². The van der Waals surface area contributed by atoms with E-state index in [9.17, 15) is 4.79 Å². The first-order valence-electron chi connectivity index (χ1n) is 7.07. The van der Waals surface area contributed by atoms with E-state index in [4.69, 9.17) is 4.74 Å². The fourth-order valence-electron chi connectivity index (χ4n) is 2.08. The maximum absolute atomic E-state index is 11.6. The third-order valence-corrected chi connectivity index (χ3v) is 3.58. The van der Waals surface area contributed by atoms with Gasteiger partial charge in [-0.15, -0.1) is 0 Å². The lowest BCUT2D eigenvalue weighted by Crippen LogP contribution is -2.41. The van der Waals surface area contributed by atoms with Gasteiger partial charge in [-0.1, -0.05) is 20.8 Å². The maximum atomic E-state index is 11.6. The molecule has 1 aliphatic heterocycles. The average Bonchev–Trinajstić information content (AvgIpc) is 2.29. The Kier molecular flexibility index (Phi) is 6.65. The Labute approximate surface area is 111 Å². The lowest BCUT2D eigenvalue weighted by atomic mass is 9.82. The first-order chi connectivity index (χ1) is 8.52. The van der Waals surface area contributed by atoms with Gasteiger partial charge < -0.3 is 15.4 Å². The van der Waals surface area contributed by atoms with Gasteiger partial charge in [-0.3, -0.25) is 4.79 Å². The van der Waals surface area contributed by atoms with Crippen LogP contribution in [-0.4, -0.2) is 38.8 Å². The molecular weight excluding hydrogens is 228 g/mol. The third-order valence-electron chi connectivity index (χ3n) is 3.58. The summed E-state index contributed by atoms with van der Waals surface area (Å²) in [6.07, 6.45) is 3.20. The number of rotatable bonds is 7. The molecule has 18 heavy (non-hydrogen) atoms. The summed E-state index contributed by atoms with van der Waals surface area (Å²) in [5.74, 6) is 0.741. The van der Waals surface area contributed by atoms with Gasteiger partial charge >= 0.3 is 0 Å². The number of nitrogens with one attached hydrogen (secondary N) is 2. The van der Waals surface area contributed by atoms with Gasteiger partial charge in [0.25, 0.3) is 0 Å². The van der Waals surface area contributed by atoms with Crippen molar-refractivity contribution in [1.29, 1.82) is 0 Å². The molecule has 4 heteroatoms. The highest BCUT2D eigenvalue weighted by atomic mass is 16.5. The number of carbonyl (C=O) groups is 1. The highest BCUT2D eigenvalue weighted by Gasteiger charge is 2.26. The Morgan fingerprint density at radius 1 is 1.33 bits per heavy atom. The molecule has 0 saturated carbocycles. The summed E-state index contributed by atoms with van der Waals surface area (Å²) in [5.41, 5.74) is 0.288. The van der Waals surface area contributed by atoms with E-state index in [0.717, 1.165) is 45.6 Å². The fourth-order valence-corrected chi connectivity index (χ4v) is 2.08. The first kappa shape index (κ1) is 15.4. The summed E-state index contributed by atoms with van der Waals surface area (Å²) in [7, 11) is 0. The highest BCUT2D eigenvalue weighted by molar-refractivity contribution is 5.77. The second-order valence-electron chi connectivity index (χ2n) is 6.06. The van der Waals surface area contributed by atoms with E-state index in [1.54, 1.807) is 0 Å². The van der Waals surface area contributed by atoms with Crippen LogP contribution in [0.3, 0.4) is 0 Å². The minimum atomic E-state index is 0.103. The number of carbonyl (C=O) groups excluding carboxylic acids is 1. The SMILES string of the molecule is CC(C)CCNC(=O)CNCC1(C)CCOCC1. The molecule has 106 valence electrons. The van der Waals surface area contributed by atoms with Crippen molar-refractivity contribution in [2.24, 2.45) is 11.3 Å². The molecule has 1 amide bonds. The van der Waals surface area contributed by atoms with Crippen molar-refractivity contribution in [3.63, 3.8) is 0 Å². The van der Waals surface area contributed by atoms with E-state index >= 15 is 0 Å². The minimum Gasteiger partial charge on any atom is -0.381 e. The summed E-state index contributed by atoms with van der Waals surface area (Å²) in [5, 5.41) is 6.20. The Hall–Kier alpha value is -0.610. The Morgan fingerprint density at radius 2 is 2.00 bits per heavy atom. The lowest BCUT2D eigenvalue weighted by molar-refractivity contribution is -0.120. The summed E-state index contributed by atoms with van der Waals surface area (Å²) in [4.78, 5) is 11.6. The van der Waals surface area contributed by atoms with Crippen molar-refractivity contribution < 1.29 is 9.53 Å². The molecule has 0 aromatic rings. The van der Waals surface area contributed by atoms with E-state index < -0.39 is 0 Å². The first-order valence-corrected chi connectivity index (χ1v) is 7.07. The molecule has 4 nitrogen and oxygen atoms in total. The molecule has 1 fully saturated rings. The van der Waals surface area contributed by atoms with Crippen molar-refractivity contribution in [3.05, 3.63) is 0 Å². The number of hydrogen-bond donors (Lipinski definition) is 2. The number of hydrogen-bond acceptors (Lipinski definition) is 3. The molecule has 1 rings (SSSR count). The largest absolute Gasteiger partial charge is 0.381 e. The molecule has 0 radical (unpaired) electrons. The van der Waals surface area contributed by atoms with Gasteiger partial charge in [0.15, 0.2) is 0 Å². The van der Waals surface area contributed by atoms with E-state index in [0.29, 0.717) is 12.5 Å². The van der Waals surface area contributed by atoms with Crippen LogP contribution in [0.25, 0.3) is 0 Å². The topological polar surface area (TPSA) is 50.4 Å². The van der Waals surface area contributed by atoms with Crippen LogP contribution in [0, 0.1) is 11.3 Å². The van der Waals surface area contributed by atoms with Crippen molar-refractivity contribution in [2.45, 2.75) is 40.0 Å². The molecule has 0 aliphatic carbocycles. The molecule has 0 atom stereocenters. The molecule has 0 bridgehead atoms. The summed E-state index contributed by atoms with van der Waals surface area (Å²) in [6, 6.07) is 0. The monoisotopic (exact) mass is 256 g/mol. The van der Waals surface area contributed by atoms with E-state index in [2.05, 4.69) is 31.4 Å². The summed E-state index contributed by atoms with van der Waals surface area (Å²) in [6.45, 7) is 10.4. The van der Waals surface area contributed by atoms with Crippen LogP contribution in [0.5, 0.6) is 0 Å². The Morgan fingerprint density at radius 3 is 2.61 bits per heavy atom. The predicted molar refractivity (Wildman–Crippen MR) is 73.5 cm³/mol. The van der Waals surface area contributed by atoms with Crippen molar-refractivity contribution in [2.75, 3.05) is 32.8 Å². The van der Waals surface area contributed by atoms with Crippen molar-refractivity contribution in [1.82, 2.24) is 10.6 Å². The summed E-state index contributed by atoms with van der Waals surface area (Å²) < 4.78 is 5.36. The molecule has 0 aromatic heterocycles. The van der Waals surface area contributed by atoms with E-state index in [1.165, 1.54) is 0 Å². The van der Waals surface area contributed by atoms with Gasteiger partial charge in [0.1, 0.15) is 0 Å². The second kappa shape index (κ2) is 7.74. The molecule has 0 unspecified atom stereocenters. The fraction of sp³-hybridized carbons (Fsp3) is 0.929. The molecule has 1 heterocycles. The smallest absolute Gasteiger partial charge is 0.233 e. The minimum absolute atomic E-state index is 0.103. The van der Waals surface area contributed by atoms with Crippen LogP contribution < -0.4 is 10.6 Å². The van der Waals surface area contributed by atoms with E-state index in [-0.39, 0.29) is 11.3 Å². The van der Waals surface area contributed by atoms with Crippen molar-refractivity contribution >= 4 is 5.91 Å². The predicted octanol–water partition coefficient (Wildman–Crippen LogP) is 1.55. The van der Waals surface area contributed by atoms with Gasteiger partial charge in [0.2, 0.25) is 5.91 Å². The molecule has 1 saturated heterocycles. The number of amides is 1. The van der Waals surface area contributed by atoms with Crippen LogP contribution in [-0.2, 0) is 9.53 Å². The van der Waals surface area contributed by atoms with Crippen LogP contribution in [0.1, 0.15) is 40.0 Å². The average molecular weight is 256 g/mol. The van der Waals surface area contributed by atoms with Crippen LogP contribution in [0.4, 0.5) is 0 Å². The van der Waals surface area contributed by atoms with Gasteiger partial charge in [0, 0.05) is 26.3 Å². The Balaban J connectivity index is 2.07. The molecule has 1 aliphatic rings.